The number of piperidine rings is 1. The first kappa shape index (κ1) is 17.8. The number of aryl methyl sites for hydroxylation is 1. The maximum Gasteiger partial charge on any atom is 0.170 e. The number of imidazole rings is 1. The summed E-state index contributed by atoms with van der Waals surface area (Å²) >= 11 is 0. The van der Waals surface area contributed by atoms with Gasteiger partial charge in [-0.05, 0) is 25.8 Å². The van der Waals surface area contributed by atoms with Crippen molar-refractivity contribution in [2.75, 3.05) is 11.4 Å². The SMILES string of the molecule is C[C@@H]1C[C@H](O)CCN1c1cc(-c2c(F)cnn2C)nc2c(-c3ccn[nH]3)ncn12. The number of hydrogen-bond acceptors (Lipinski definition) is 6. The molecule has 2 N–H and O–H groups in total. The summed E-state index contributed by atoms with van der Waals surface area (Å²) in [5, 5.41) is 21.0. The first-order valence-electron chi connectivity index (χ1n) is 9.53. The van der Waals surface area contributed by atoms with Crippen LogP contribution >= 0.6 is 0 Å². The standard InChI is InChI=1S/C19H21FN8O/c1-11-7-12(29)4-6-27(11)16-8-15(18-13(20)9-23-26(18)2)24-19-17(21-10-28(16)19)14-3-5-22-25-14/h3,5,8-12,29H,4,6-7H2,1-2H3,(H,22,25)/t11-,12-/m1/s1. The van der Waals surface area contributed by atoms with E-state index in [-0.39, 0.29) is 12.1 Å². The Balaban J connectivity index is 1.75. The number of halogens is 1. The molecular formula is C19H21FN8O. The van der Waals surface area contributed by atoms with E-state index in [1.54, 1.807) is 19.6 Å². The van der Waals surface area contributed by atoms with Crippen LogP contribution in [0.3, 0.4) is 0 Å². The van der Waals surface area contributed by atoms with Crippen molar-refractivity contribution in [3.63, 3.8) is 0 Å². The molecule has 0 unspecified atom stereocenters. The van der Waals surface area contributed by atoms with Gasteiger partial charge in [0.1, 0.15) is 23.5 Å². The number of nitrogens with one attached hydrogen (secondary N) is 1. The molecule has 0 bridgehead atoms. The van der Waals surface area contributed by atoms with E-state index >= 15 is 0 Å². The highest BCUT2D eigenvalue weighted by atomic mass is 19.1. The van der Waals surface area contributed by atoms with Crippen LogP contribution in [0.1, 0.15) is 19.8 Å². The summed E-state index contributed by atoms with van der Waals surface area (Å²) in [4.78, 5) is 11.5. The number of H-pyrrole nitrogens is 1. The molecular weight excluding hydrogens is 375 g/mol. The van der Waals surface area contributed by atoms with Crippen LogP contribution in [-0.4, -0.2) is 58.1 Å². The van der Waals surface area contributed by atoms with E-state index in [1.165, 1.54) is 10.9 Å². The molecule has 4 aromatic heterocycles. The van der Waals surface area contributed by atoms with Gasteiger partial charge in [0, 0.05) is 31.9 Å². The number of aromatic nitrogens is 7. The summed E-state index contributed by atoms with van der Waals surface area (Å²) in [5.41, 5.74) is 2.76. The van der Waals surface area contributed by atoms with E-state index in [4.69, 9.17) is 4.98 Å². The molecule has 0 saturated carbocycles. The van der Waals surface area contributed by atoms with Crippen LogP contribution in [0.25, 0.3) is 28.4 Å². The number of hydrogen-bond donors (Lipinski definition) is 2. The van der Waals surface area contributed by atoms with Gasteiger partial charge in [0.05, 0.1) is 23.7 Å². The minimum absolute atomic E-state index is 0.117. The van der Waals surface area contributed by atoms with E-state index in [0.29, 0.717) is 42.1 Å². The van der Waals surface area contributed by atoms with Gasteiger partial charge in [-0.15, -0.1) is 0 Å². The molecule has 1 fully saturated rings. The molecule has 0 radical (unpaired) electrons. The highest BCUT2D eigenvalue weighted by Gasteiger charge is 2.28. The minimum Gasteiger partial charge on any atom is -0.393 e. The van der Waals surface area contributed by atoms with Crippen molar-refractivity contribution < 1.29 is 9.50 Å². The summed E-state index contributed by atoms with van der Waals surface area (Å²) in [5.74, 6) is 0.420. The van der Waals surface area contributed by atoms with Gasteiger partial charge in [-0.2, -0.15) is 10.2 Å². The maximum atomic E-state index is 14.5. The third-order valence-corrected chi connectivity index (χ3v) is 5.52. The van der Waals surface area contributed by atoms with E-state index < -0.39 is 5.82 Å². The summed E-state index contributed by atoms with van der Waals surface area (Å²) < 4.78 is 17.9. The summed E-state index contributed by atoms with van der Waals surface area (Å²) in [6, 6.07) is 3.80. The van der Waals surface area contributed by atoms with Gasteiger partial charge in [0.15, 0.2) is 11.5 Å². The zero-order chi connectivity index (χ0) is 20.1. The van der Waals surface area contributed by atoms with Crippen molar-refractivity contribution in [1.29, 1.82) is 0 Å². The predicted octanol–water partition coefficient (Wildman–Crippen LogP) is 2.01. The smallest absolute Gasteiger partial charge is 0.170 e. The molecule has 0 aromatic carbocycles. The fourth-order valence-corrected chi connectivity index (χ4v) is 4.06. The lowest BCUT2D eigenvalue weighted by atomic mass is 10.0. The monoisotopic (exact) mass is 396 g/mol. The van der Waals surface area contributed by atoms with Gasteiger partial charge in [0.25, 0.3) is 0 Å². The van der Waals surface area contributed by atoms with Crippen LogP contribution < -0.4 is 4.90 Å². The molecule has 29 heavy (non-hydrogen) atoms. The molecule has 1 aliphatic rings. The van der Waals surface area contributed by atoms with Crippen LogP contribution in [0.2, 0.25) is 0 Å². The Morgan fingerprint density at radius 1 is 1.34 bits per heavy atom. The second-order valence-electron chi connectivity index (χ2n) is 7.44. The number of fused-ring (bicyclic) bond motifs is 1. The Labute approximate surface area is 165 Å². The van der Waals surface area contributed by atoms with Gasteiger partial charge >= 0.3 is 0 Å². The predicted molar refractivity (Wildman–Crippen MR) is 105 cm³/mol. The lowest BCUT2D eigenvalue weighted by Gasteiger charge is -2.37. The second-order valence-corrected chi connectivity index (χ2v) is 7.44. The fourth-order valence-electron chi connectivity index (χ4n) is 4.06. The molecule has 5 rings (SSSR count). The number of aromatic amines is 1. The summed E-state index contributed by atoms with van der Waals surface area (Å²) in [6.45, 7) is 2.76. The number of aliphatic hydroxyl groups excluding tert-OH is 1. The second kappa shape index (κ2) is 6.66. The Bertz CT molecular complexity index is 1150. The molecule has 0 amide bonds. The number of anilines is 1. The molecule has 0 aliphatic carbocycles. The minimum atomic E-state index is -0.431. The molecule has 1 saturated heterocycles. The molecule has 0 spiro atoms. The molecule has 1 aliphatic heterocycles. The van der Waals surface area contributed by atoms with Crippen LogP contribution in [0.15, 0.2) is 30.9 Å². The Kier molecular flexibility index (Phi) is 4.09. The van der Waals surface area contributed by atoms with Crippen molar-refractivity contribution in [3.8, 4) is 22.8 Å². The summed E-state index contributed by atoms with van der Waals surface area (Å²) in [6.07, 6.45) is 5.59. The van der Waals surface area contributed by atoms with Crippen molar-refractivity contribution in [3.05, 3.63) is 36.7 Å². The highest BCUT2D eigenvalue weighted by molar-refractivity contribution is 5.76. The van der Waals surface area contributed by atoms with Crippen molar-refractivity contribution >= 4 is 11.5 Å². The first-order chi connectivity index (χ1) is 14.0. The third-order valence-electron chi connectivity index (χ3n) is 5.52. The van der Waals surface area contributed by atoms with E-state index in [9.17, 15) is 9.50 Å². The van der Waals surface area contributed by atoms with E-state index in [2.05, 4.69) is 32.1 Å². The van der Waals surface area contributed by atoms with Crippen LogP contribution in [0, 0.1) is 5.82 Å². The highest BCUT2D eigenvalue weighted by Crippen LogP contribution is 2.32. The number of nitrogens with zero attached hydrogens (tertiary/aromatic N) is 7. The van der Waals surface area contributed by atoms with Gasteiger partial charge in [-0.25, -0.2) is 14.4 Å². The van der Waals surface area contributed by atoms with Crippen LogP contribution in [0.4, 0.5) is 10.2 Å². The van der Waals surface area contributed by atoms with Crippen LogP contribution in [-0.2, 0) is 7.05 Å². The Morgan fingerprint density at radius 2 is 2.21 bits per heavy atom. The van der Waals surface area contributed by atoms with Crippen LogP contribution in [0.5, 0.6) is 0 Å². The van der Waals surface area contributed by atoms with Crippen molar-refractivity contribution in [1.82, 2.24) is 34.3 Å². The lowest BCUT2D eigenvalue weighted by Crippen LogP contribution is -2.43. The lowest BCUT2D eigenvalue weighted by molar-refractivity contribution is 0.131. The van der Waals surface area contributed by atoms with Gasteiger partial charge in [0.2, 0.25) is 0 Å². The van der Waals surface area contributed by atoms with E-state index in [0.717, 1.165) is 11.5 Å². The molecule has 2 atom stereocenters. The largest absolute Gasteiger partial charge is 0.393 e. The molecule has 150 valence electrons. The molecule has 9 nitrogen and oxygen atoms in total. The zero-order valence-corrected chi connectivity index (χ0v) is 16.1. The molecule has 4 aromatic rings. The summed E-state index contributed by atoms with van der Waals surface area (Å²) in [7, 11) is 1.69. The topological polar surface area (TPSA) is 100 Å². The Morgan fingerprint density at radius 3 is 2.90 bits per heavy atom. The normalized spacial score (nSPS) is 19.9. The first-order valence-corrected chi connectivity index (χ1v) is 9.53. The van der Waals surface area contributed by atoms with Crippen molar-refractivity contribution in [2.24, 2.45) is 7.05 Å². The number of aliphatic hydroxyl groups is 1. The van der Waals surface area contributed by atoms with Gasteiger partial charge in [-0.3, -0.25) is 14.2 Å². The maximum absolute atomic E-state index is 14.5. The van der Waals surface area contributed by atoms with Gasteiger partial charge < -0.3 is 10.0 Å². The quantitative estimate of drug-likeness (QED) is 0.550. The number of rotatable bonds is 3. The Hall–Kier alpha value is -3.27. The fraction of sp³-hybridized carbons (Fsp3) is 0.368. The van der Waals surface area contributed by atoms with Crippen molar-refractivity contribution in [2.45, 2.75) is 31.9 Å². The average molecular weight is 396 g/mol. The molecule has 10 heteroatoms. The molecule has 5 heterocycles. The van der Waals surface area contributed by atoms with E-state index in [1.807, 2.05) is 16.5 Å². The average Bonchev–Trinajstić information content (AvgIpc) is 3.41. The van der Waals surface area contributed by atoms with Gasteiger partial charge in [-0.1, -0.05) is 0 Å². The third kappa shape index (κ3) is 2.87. The zero-order valence-electron chi connectivity index (χ0n) is 16.1.